The number of fused-ring (bicyclic) bond motifs is 2. The van der Waals surface area contributed by atoms with Crippen LogP contribution in [0.3, 0.4) is 0 Å². The topological polar surface area (TPSA) is 80.8 Å². The first-order valence-electron chi connectivity index (χ1n) is 11.4. The van der Waals surface area contributed by atoms with Crippen molar-refractivity contribution >= 4 is 28.4 Å². The zero-order chi connectivity index (χ0) is 23.4. The van der Waals surface area contributed by atoms with E-state index < -0.39 is 0 Å². The Kier molecular flexibility index (Phi) is 6.77. The number of carbonyl (C=O) groups is 2. The Morgan fingerprint density at radius 3 is 2.48 bits per heavy atom. The molecule has 1 aromatic heterocycles. The van der Waals surface area contributed by atoms with Crippen LogP contribution in [0.5, 0.6) is 11.5 Å². The predicted octanol–water partition coefficient (Wildman–Crippen LogP) is 4.91. The van der Waals surface area contributed by atoms with E-state index in [0.29, 0.717) is 42.2 Å². The number of nitrogens with one attached hydrogen (secondary N) is 1. The molecular weight excluding hydrogens is 418 g/mol. The molecule has 1 unspecified atom stereocenters. The van der Waals surface area contributed by atoms with Gasteiger partial charge in [-0.05, 0) is 50.5 Å². The van der Waals surface area contributed by atoms with Crippen molar-refractivity contribution in [1.29, 1.82) is 0 Å². The molecule has 1 aliphatic heterocycles. The average molecular weight is 448 g/mol. The summed E-state index contributed by atoms with van der Waals surface area (Å²) < 4.78 is 11.6. The van der Waals surface area contributed by atoms with Crippen LogP contribution < -0.4 is 14.8 Å². The number of methoxy groups -OCH3 is 1. The second kappa shape index (κ2) is 9.90. The molecule has 3 aromatic rings. The zero-order valence-corrected chi connectivity index (χ0v) is 19.3. The monoisotopic (exact) mass is 447 g/mol. The molecule has 0 aliphatic carbocycles. The molecule has 2 amide bonds. The fourth-order valence-electron chi connectivity index (χ4n) is 4.15. The van der Waals surface area contributed by atoms with Crippen LogP contribution in [0.25, 0.3) is 10.9 Å². The van der Waals surface area contributed by atoms with Gasteiger partial charge in [-0.2, -0.15) is 0 Å². The predicted molar refractivity (Wildman–Crippen MR) is 128 cm³/mol. The minimum absolute atomic E-state index is 0.0949. The fourth-order valence-corrected chi connectivity index (χ4v) is 4.15. The lowest BCUT2D eigenvalue weighted by molar-refractivity contribution is 0.0651. The van der Waals surface area contributed by atoms with Gasteiger partial charge in [0.1, 0.15) is 0 Å². The third-order valence-electron chi connectivity index (χ3n) is 5.78. The molecule has 1 aliphatic rings. The van der Waals surface area contributed by atoms with Crippen molar-refractivity contribution in [2.45, 2.75) is 39.2 Å². The molecule has 4 rings (SSSR count). The Labute approximate surface area is 193 Å². The number of nitrogens with zero attached hydrogens (tertiary/aromatic N) is 2. The van der Waals surface area contributed by atoms with Crippen LogP contribution in [0.4, 0.5) is 5.69 Å². The number of pyridine rings is 1. The first kappa shape index (κ1) is 22.6. The highest BCUT2D eigenvalue weighted by molar-refractivity contribution is 6.21. The lowest BCUT2D eigenvalue weighted by Gasteiger charge is -2.20. The molecule has 0 fully saturated rings. The van der Waals surface area contributed by atoms with Gasteiger partial charge in [0.2, 0.25) is 0 Å². The number of benzene rings is 2. The Morgan fingerprint density at radius 1 is 1.09 bits per heavy atom. The number of ether oxygens (including phenoxy) is 2. The van der Waals surface area contributed by atoms with Crippen LogP contribution in [-0.4, -0.2) is 48.0 Å². The SMILES string of the molecule is CCCOc1c(OC)cc(NC(C)CCCN2C(=O)c3ccccc3C2=O)c2ncccc12. The summed E-state index contributed by atoms with van der Waals surface area (Å²) >= 11 is 0. The standard InChI is InChI=1S/C26H29N3O4/c1-4-15-33-24-20-12-7-13-27-23(20)21(16-22(24)32-3)28-17(2)9-8-14-29-25(30)18-10-5-6-11-19(18)26(29)31/h5-7,10-13,16-17,28H,4,8-9,14-15H2,1-3H3. The van der Waals surface area contributed by atoms with Crippen LogP contribution in [0.2, 0.25) is 0 Å². The number of rotatable bonds is 10. The van der Waals surface area contributed by atoms with Gasteiger partial charge in [-0.15, -0.1) is 0 Å². The molecule has 0 bridgehead atoms. The molecule has 0 saturated heterocycles. The Morgan fingerprint density at radius 2 is 1.82 bits per heavy atom. The summed E-state index contributed by atoms with van der Waals surface area (Å²) in [4.78, 5) is 31.0. The first-order valence-corrected chi connectivity index (χ1v) is 11.4. The van der Waals surface area contributed by atoms with Crippen LogP contribution in [0.1, 0.15) is 53.8 Å². The smallest absolute Gasteiger partial charge is 0.261 e. The molecule has 172 valence electrons. The number of hydrogen-bond donors (Lipinski definition) is 1. The largest absolute Gasteiger partial charge is 0.493 e. The van der Waals surface area contributed by atoms with E-state index in [-0.39, 0.29) is 17.9 Å². The maximum atomic E-state index is 12.6. The second-order valence-corrected chi connectivity index (χ2v) is 8.20. The number of aromatic nitrogens is 1. The first-order chi connectivity index (χ1) is 16.0. The highest BCUT2D eigenvalue weighted by atomic mass is 16.5. The molecule has 0 radical (unpaired) electrons. The lowest BCUT2D eigenvalue weighted by Crippen LogP contribution is -2.31. The maximum absolute atomic E-state index is 12.6. The fraction of sp³-hybridized carbons (Fsp3) is 0.346. The summed E-state index contributed by atoms with van der Waals surface area (Å²) in [6, 6.07) is 12.9. The molecule has 33 heavy (non-hydrogen) atoms. The van der Waals surface area contributed by atoms with Gasteiger partial charge in [0.05, 0.1) is 36.0 Å². The minimum Gasteiger partial charge on any atom is -0.493 e. The summed E-state index contributed by atoms with van der Waals surface area (Å²) in [5.74, 6) is 0.938. The molecule has 1 atom stereocenters. The van der Waals surface area contributed by atoms with Crippen LogP contribution in [-0.2, 0) is 0 Å². The molecule has 7 heteroatoms. The van der Waals surface area contributed by atoms with Gasteiger partial charge in [0, 0.05) is 30.2 Å². The third kappa shape index (κ3) is 4.49. The molecule has 2 aromatic carbocycles. The van der Waals surface area contributed by atoms with Crippen molar-refractivity contribution in [2.75, 3.05) is 25.6 Å². The highest BCUT2D eigenvalue weighted by Gasteiger charge is 2.34. The Bertz CT molecular complexity index is 1140. The van der Waals surface area contributed by atoms with E-state index in [4.69, 9.17) is 9.47 Å². The summed E-state index contributed by atoms with van der Waals surface area (Å²) in [5, 5.41) is 4.42. The summed E-state index contributed by atoms with van der Waals surface area (Å²) in [6.07, 6.45) is 4.13. The number of anilines is 1. The van der Waals surface area contributed by atoms with Crippen molar-refractivity contribution in [3.05, 3.63) is 59.8 Å². The quantitative estimate of drug-likeness (QED) is 0.445. The number of imide groups is 1. The highest BCUT2D eigenvalue weighted by Crippen LogP contribution is 2.40. The van der Waals surface area contributed by atoms with Crippen molar-refractivity contribution in [3.8, 4) is 11.5 Å². The molecule has 7 nitrogen and oxygen atoms in total. The van der Waals surface area contributed by atoms with Gasteiger partial charge in [-0.25, -0.2) is 0 Å². The van der Waals surface area contributed by atoms with E-state index >= 15 is 0 Å². The third-order valence-corrected chi connectivity index (χ3v) is 5.78. The van der Waals surface area contributed by atoms with Gasteiger partial charge in [0.25, 0.3) is 11.8 Å². The van der Waals surface area contributed by atoms with Gasteiger partial charge in [-0.1, -0.05) is 19.1 Å². The molecule has 0 spiro atoms. The number of carbonyl (C=O) groups excluding carboxylic acids is 2. The summed E-state index contributed by atoms with van der Waals surface area (Å²) in [5.41, 5.74) is 2.66. The molecule has 1 N–H and O–H groups in total. The van der Waals surface area contributed by atoms with E-state index in [0.717, 1.165) is 29.4 Å². The average Bonchev–Trinajstić information content (AvgIpc) is 3.08. The van der Waals surface area contributed by atoms with Crippen LogP contribution in [0, 0.1) is 0 Å². The number of amides is 2. The van der Waals surface area contributed by atoms with E-state index in [9.17, 15) is 9.59 Å². The van der Waals surface area contributed by atoms with Crippen molar-refractivity contribution < 1.29 is 19.1 Å². The van der Waals surface area contributed by atoms with Gasteiger partial charge in [-0.3, -0.25) is 19.5 Å². The Hall–Kier alpha value is -3.61. The van der Waals surface area contributed by atoms with Crippen molar-refractivity contribution in [3.63, 3.8) is 0 Å². The van der Waals surface area contributed by atoms with Gasteiger partial charge >= 0.3 is 0 Å². The van der Waals surface area contributed by atoms with Crippen LogP contribution in [0.15, 0.2) is 48.7 Å². The van der Waals surface area contributed by atoms with Crippen molar-refractivity contribution in [2.24, 2.45) is 0 Å². The Balaban J connectivity index is 1.44. The summed E-state index contributed by atoms with van der Waals surface area (Å²) in [7, 11) is 1.63. The zero-order valence-electron chi connectivity index (χ0n) is 19.3. The lowest BCUT2D eigenvalue weighted by atomic mass is 10.1. The van der Waals surface area contributed by atoms with E-state index in [1.165, 1.54) is 4.90 Å². The number of hydrogen-bond acceptors (Lipinski definition) is 6. The van der Waals surface area contributed by atoms with E-state index in [1.807, 2.05) is 18.2 Å². The normalized spacial score (nSPS) is 13.8. The summed E-state index contributed by atoms with van der Waals surface area (Å²) in [6.45, 7) is 5.13. The van der Waals surface area contributed by atoms with Gasteiger partial charge in [0.15, 0.2) is 11.5 Å². The minimum atomic E-state index is -0.209. The second-order valence-electron chi connectivity index (χ2n) is 8.20. The van der Waals surface area contributed by atoms with Crippen LogP contribution >= 0.6 is 0 Å². The molecular formula is C26H29N3O4. The van der Waals surface area contributed by atoms with E-state index in [2.05, 4.69) is 24.1 Å². The maximum Gasteiger partial charge on any atom is 0.261 e. The molecule has 2 heterocycles. The van der Waals surface area contributed by atoms with Gasteiger partial charge < -0.3 is 14.8 Å². The van der Waals surface area contributed by atoms with E-state index in [1.54, 1.807) is 37.6 Å². The molecule has 0 saturated carbocycles. The van der Waals surface area contributed by atoms with Crippen molar-refractivity contribution in [1.82, 2.24) is 9.88 Å².